The van der Waals surface area contributed by atoms with Crippen molar-refractivity contribution in [1.29, 1.82) is 0 Å². The molecule has 3 aliphatic heterocycles. The largest absolute Gasteiger partial charge is 0.396 e. The lowest BCUT2D eigenvalue weighted by Crippen LogP contribution is -2.54. The number of benzene rings is 1. The van der Waals surface area contributed by atoms with Crippen LogP contribution in [0.4, 0.5) is 5.69 Å². The molecule has 3 atom stereocenters. The van der Waals surface area contributed by atoms with E-state index in [1.165, 1.54) is 4.90 Å². The van der Waals surface area contributed by atoms with Crippen LogP contribution in [0, 0.1) is 5.92 Å². The molecule has 8 nitrogen and oxygen atoms in total. The Morgan fingerprint density at radius 3 is 2.48 bits per heavy atom. The zero-order chi connectivity index (χ0) is 19.1. The number of hydrogen-bond donors (Lipinski definition) is 4. The zero-order valence-corrected chi connectivity index (χ0v) is 15.0. The van der Waals surface area contributed by atoms with Gasteiger partial charge < -0.3 is 25.5 Å². The summed E-state index contributed by atoms with van der Waals surface area (Å²) in [7, 11) is 0. The smallest absolute Gasteiger partial charge is 0.257 e. The van der Waals surface area contributed by atoms with E-state index in [-0.39, 0.29) is 12.5 Å². The minimum atomic E-state index is -1.17. The summed E-state index contributed by atoms with van der Waals surface area (Å²) in [6.45, 7) is 1.85. The van der Waals surface area contributed by atoms with Crippen LogP contribution < -0.4 is 10.2 Å². The van der Waals surface area contributed by atoms with E-state index < -0.39 is 24.4 Å². The van der Waals surface area contributed by atoms with Gasteiger partial charge in [0.05, 0.1) is 0 Å². The van der Waals surface area contributed by atoms with E-state index in [4.69, 9.17) is 0 Å². The molecule has 2 amide bonds. The Morgan fingerprint density at radius 2 is 1.81 bits per heavy atom. The lowest BCUT2D eigenvalue weighted by atomic mass is 9.97. The molecule has 1 aromatic rings. The van der Waals surface area contributed by atoms with Gasteiger partial charge in [0, 0.05) is 36.5 Å². The Bertz CT molecular complexity index is 747. The first kappa shape index (κ1) is 18.2. The van der Waals surface area contributed by atoms with Crippen molar-refractivity contribution < 1.29 is 24.9 Å². The Morgan fingerprint density at radius 1 is 1.07 bits per heavy atom. The number of anilines is 1. The zero-order valence-electron chi connectivity index (χ0n) is 15.0. The molecular weight excluding hydrogens is 350 g/mol. The van der Waals surface area contributed by atoms with Gasteiger partial charge in [-0.1, -0.05) is 0 Å². The van der Waals surface area contributed by atoms with Crippen LogP contribution in [-0.4, -0.2) is 64.0 Å². The molecule has 2 fully saturated rings. The topological polar surface area (TPSA) is 113 Å². The van der Waals surface area contributed by atoms with E-state index in [9.17, 15) is 24.9 Å². The van der Waals surface area contributed by atoms with Crippen molar-refractivity contribution in [2.45, 2.75) is 44.2 Å². The van der Waals surface area contributed by atoms with Gasteiger partial charge in [-0.25, -0.2) is 0 Å². The third kappa shape index (κ3) is 3.18. The van der Waals surface area contributed by atoms with E-state index in [1.54, 1.807) is 6.07 Å². The van der Waals surface area contributed by atoms with E-state index in [1.807, 2.05) is 12.1 Å². The molecular formula is C19H25N3O5. The highest BCUT2D eigenvalue weighted by Gasteiger charge is 2.44. The van der Waals surface area contributed by atoms with E-state index in [2.05, 4.69) is 10.2 Å². The fourth-order valence-corrected chi connectivity index (χ4v) is 4.29. The number of rotatable bonds is 3. The maximum atomic E-state index is 12.8. The number of aliphatic hydroxyl groups excluding tert-OH is 3. The summed E-state index contributed by atoms with van der Waals surface area (Å²) < 4.78 is 0. The second-order valence-corrected chi connectivity index (χ2v) is 7.59. The van der Waals surface area contributed by atoms with Crippen LogP contribution in [0.2, 0.25) is 0 Å². The molecule has 2 saturated heterocycles. The van der Waals surface area contributed by atoms with Crippen molar-refractivity contribution in [2.75, 3.05) is 24.6 Å². The standard InChI is InChI=1S/C19H25N3O5/c23-10-11-5-7-21(8-6-11)12-1-2-13-14(9-12)19(27)22(18(13)26)15-3-4-16(24)20-17(15)25/h1-2,9,11,15-16,19,23-24,27H,3-8,10H2,(H,20,25). The average molecular weight is 375 g/mol. The van der Waals surface area contributed by atoms with Crippen molar-refractivity contribution in [1.82, 2.24) is 10.2 Å². The molecule has 0 radical (unpaired) electrons. The molecule has 3 aliphatic rings. The molecule has 3 unspecified atom stereocenters. The number of nitrogens with zero attached hydrogens (tertiary/aromatic N) is 2. The second-order valence-electron chi connectivity index (χ2n) is 7.59. The quantitative estimate of drug-likeness (QED) is 0.589. The molecule has 8 heteroatoms. The van der Waals surface area contributed by atoms with Gasteiger partial charge in [-0.05, 0) is 49.8 Å². The highest BCUT2D eigenvalue weighted by atomic mass is 16.3. The van der Waals surface area contributed by atoms with Gasteiger partial charge >= 0.3 is 0 Å². The van der Waals surface area contributed by atoms with Gasteiger partial charge in [0.25, 0.3) is 5.91 Å². The van der Waals surface area contributed by atoms with Gasteiger partial charge in [0.2, 0.25) is 5.91 Å². The predicted molar refractivity (Wildman–Crippen MR) is 96.8 cm³/mol. The Balaban J connectivity index is 1.55. The molecule has 0 aliphatic carbocycles. The number of hydrogen-bond acceptors (Lipinski definition) is 6. The van der Waals surface area contributed by atoms with Gasteiger partial charge in [0.1, 0.15) is 12.3 Å². The van der Waals surface area contributed by atoms with Crippen LogP contribution in [-0.2, 0) is 4.79 Å². The second kappa shape index (κ2) is 7.10. The molecule has 0 spiro atoms. The molecule has 1 aromatic carbocycles. The first-order valence-electron chi connectivity index (χ1n) is 9.48. The van der Waals surface area contributed by atoms with Gasteiger partial charge in [-0.15, -0.1) is 0 Å². The maximum Gasteiger partial charge on any atom is 0.257 e. The summed E-state index contributed by atoms with van der Waals surface area (Å²) >= 11 is 0. The summed E-state index contributed by atoms with van der Waals surface area (Å²) in [4.78, 5) is 28.4. The van der Waals surface area contributed by atoms with Gasteiger partial charge in [-0.2, -0.15) is 0 Å². The molecule has 146 valence electrons. The summed E-state index contributed by atoms with van der Waals surface area (Å²) in [6.07, 6.45) is 0.393. The lowest BCUT2D eigenvalue weighted by Gasteiger charge is -2.34. The van der Waals surface area contributed by atoms with Crippen LogP contribution in [0.25, 0.3) is 0 Å². The first-order chi connectivity index (χ1) is 13.0. The Hall–Kier alpha value is -2.16. The third-order valence-electron chi connectivity index (χ3n) is 5.94. The summed E-state index contributed by atoms with van der Waals surface area (Å²) in [5, 5.41) is 32.0. The first-order valence-corrected chi connectivity index (χ1v) is 9.48. The third-order valence-corrected chi connectivity index (χ3v) is 5.94. The summed E-state index contributed by atoms with van der Waals surface area (Å²) in [5.74, 6) is -0.474. The van der Waals surface area contributed by atoms with Crippen LogP contribution >= 0.6 is 0 Å². The fraction of sp³-hybridized carbons (Fsp3) is 0.579. The maximum absolute atomic E-state index is 12.8. The molecule has 4 rings (SSSR count). The van der Waals surface area contributed by atoms with Crippen molar-refractivity contribution in [3.8, 4) is 0 Å². The minimum absolute atomic E-state index is 0.207. The number of carbonyl (C=O) groups is 2. The Labute approximate surface area is 157 Å². The average Bonchev–Trinajstić information content (AvgIpc) is 2.92. The van der Waals surface area contributed by atoms with Crippen molar-refractivity contribution in [3.05, 3.63) is 29.3 Å². The minimum Gasteiger partial charge on any atom is -0.396 e. The van der Waals surface area contributed by atoms with Crippen LogP contribution in [0.1, 0.15) is 47.8 Å². The summed E-state index contributed by atoms with van der Waals surface area (Å²) in [6, 6.07) is 4.63. The number of piperidine rings is 2. The van der Waals surface area contributed by atoms with Gasteiger partial charge in [-0.3, -0.25) is 14.5 Å². The van der Waals surface area contributed by atoms with Crippen LogP contribution in [0.5, 0.6) is 0 Å². The highest BCUT2D eigenvalue weighted by molar-refractivity contribution is 6.02. The lowest BCUT2D eigenvalue weighted by molar-refractivity contribution is -0.136. The predicted octanol–water partition coefficient (Wildman–Crippen LogP) is -0.0610. The normalized spacial score (nSPS) is 29.1. The van der Waals surface area contributed by atoms with E-state index >= 15 is 0 Å². The van der Waals surface area contributed by atoms with Gasteiger partial charge in [0.15, 0.2) is 6.23 Å². The van der Waals surface area contributed by atoms with E-state index in [0.29, 0.717) is 29.9 Å². The molecule has 0 aromatic heterocycles. The molecule has 4 N–H and O–H groups in total. The highest BCUT2D eigenvalue weighted by Crippen LogP contribution is 2.38. The SMILES string of the molecule is O=C1NC(O)CCC1N1C(=O)c2ccc(N3CCC(CO)CC3)cc2C1O. The van der Waals surface area contributed by atoms with Crippen molar-refractivity contribution in [3.63, 3.8) is 0 Å². The van der Waals surface area contributed by atoms with Crippen molar-refractivity contribution >= 4 is 17.5 Å². The monoisotopic (exact) mass is 375 g/mol. The van der Waals surface area contributed by atoms with Crippen LogP contribution in [0.15, 0.2) is 18.2 Å². The number of aliphatic hydroxyl groups is 3. The fourth-order valence-electron chi connectivity index (χ4n) is 4.29. The molecule has 0 bridgehead atoms. The van der Waals surface area contributed by atoms with Crippen molar-refractivity contribution in [2.24, 2.45) is 5.92 Å². The number of amides is 2. The molecule has 27 heavy (non-hydrogen) atoms. The van der Waals surface area contributed by atoms with E-state index in [0.717, 1.165) is 31.6 Å². The molecule has 3 heterocycles. The molecule has 0 saturated carbocycles. The van der Waals surface area contributed by atoms with Crippen LogP contribution in [0.3, 0.4) is 0 Å². The summed E-state index contributed by atoms with van der Waals surface area (Å²) in [5.41, 5.74) is 1.86. The Kier molecular flexibility index (Phi) is 4.79. The number of fused-ring (bicyclic) bond motifs is 1. The number of nitrogens with one attached hydrogen (secondary N) is 1. The number of carbonyl (C=O) groups excluding carboxylic acids is 2.